The largest absolute Gasteiger partial charge is 0.176 e. The smallest absolute Gasteiger partial charge is 0.0405 e. The van der Waals surface area contributed by atoms with Crippen molar-refractivity contribution in [3.05, 3.63) is 108 Å². The molecule has 0 saturated heterocycles. The predicted molar refractivity (Wildman–Crippen MR) is 142 cm³/mol. The molecule has 0 heterocycles. The van der Waals surface area contributed by atoms with Gasteiger partial charge >= 0.3 is 53.0 Å². The second-order valence-corrected chi connectivity index (χ2v) is 17.5. The minimum atomic E-state index is -1.84. The van der Waals surface area contributed by atoms with Crippen LogP contribution in [0.5, 0.6) is 0 Å². The zero-order chi connectivity index (χ0) is 23.1. The molecule has 0 aliphatic rings. The molecule has 0 N–H and O–H groups in total. The SMILES string of the molecule is C[C](C)=[Zr]([Cl])[Cl].Cc1cc(C)cc(-c2ccc[cH-]2)c1.c1ccc2c(c1)[cH-]c1ccccc12. The van der Waals surface area contributed by atoms with Crippen LogP contribution in [0.3, 0.4) is 0 Å². The van der Waals surface area contributed by atoms with Crippen molar-refractivity contribution in [3.63, 3.8) is 0 Å². The molecular formula is C29H28Cl2Zr-2. The second-order valence-electron chi connectivity index (χ2n) is 8.13. The Labute approximate surface area is 206 Å². The molecule has 0 nitrogen and oxygen atoms in total. The maximum atomic E-state index is 5.54. The summed E-state index contributed by atoms with van der Waals surface area (Å²) in [5.74, 6) is 0. The maximum Gasteiger partial charge on any atom is -0.0405 e. The Kier molecular flexibility index (Phi) is 9.24. The van der Waals surface area contributed by atoms with E-state index >= 15 is 0 Å². The molecule has 5 aromatic rings. The van der Waals surface area contributed by atoms with Crippen LogP contribution in [0.2, 0.25) is 0 Å². The minimum absolute atomic E-state index is 1.24. The van der Waals surface area contributed by atoms with Gasteiger partial charge in [-0.25, -0.2) is 0 Å². The normalized spacial score (nSPS) is 10.2. The summed E-state index contributed by atoms with van der Waals surface area (Å²) >= 11 is -1.84. The average Bonchev–Trinajstić information content (AvgIpc) is 3.42. The molecule has 0 fully saturated rings. The molecule has 0 atom stereocenters. The maximum absolute atomic E-state index is 5.54. The Bertz CT molecular complexity index is 1240. The van der Waals surface area contributed by atoms with E-state index < -0.39 is 18.9 Å². The quantitative estimate of drug-likeness (QED) is 0.186. The van der Waals surface area contributed by atoms with Gasteiger partial charge in [-0.05, 0) is 13.8 Å². The van der Waals surface area contributed by atoms with Crippen LogP contribution >= 0.6 is 17.0 Å². The zero-order valence-electron chi connectivity index (χ0n) is 19.0. The van der Waals surface area contributed by atoms with Gasteiger partial charge in [-0.3, -0.25) is 0 Å². The van der Waals surface area contributed by atoms with Crippen LogP contribution < -0.4 is 0 Å². The third-order valence-electron chi connectivity index (χ3n) is 5.12. The molecule has 0 aliphatic carbocycles. The van der Waals surface area contributed by atoms with Gasteiger partial charge < -0.3 is 0 Å². The van der Waals surface area contributed by atoms with Gasteiger partial charge in [0.1, 0.15) is 0 Å². The van der Waals surface area contributed by atoms with E-state index in [0.29, 0.717) is 0 Å². The first-order chi connectivity index (χ1) is 15.3. The number of halogens is 2. The second kappa shape index (κ2) is 11.9. The molecule has 0 radical (unpaired) electrons. The van der Waals surface area contributed by atoms with Gasteiger partial charge in [-0.1, -0.05) is 71.3 Å². The zero-order valence-corrected chi connectivity index (χ0v) is 23.0. The molecular weight excluding hydrogens is 510 g/mol. The van der Waals surface area contributed by atoms with Crippen molar-refractivity contribution < 1.29 is 18.9 Å². The van der Waals surface area contributed by atoms with Gasteiger partial charge in [0.15, 0.2) is 0 Å². The Balaban J connectivity index is 0.000000146. The van der Waals surface area contributed by atoms with Gasteiger partial charge in [0, 0.05) is 0 Å². The number of hydrogen-bond acceptors (Lipinski definition) is 0. The van der Waals surface area contributed by atoms with E-state index in [1.165, 1.54) is 47.0 Å². The Hall–Kier alpha value is -1.79. The molecule has 0 unspecified atom stereocenters. The first-order valence-electron chi connectivity index (χ1n) is 10.7. The van der Waals surface area contributed by atoms with E-state index in [9.17, 15) is 0 Å². The first kappa shape index (κ1) is 24.8. The molecule has 0 saturated carbocycles. The Morgan fingerprint density at radius 1 is 0.719 bits per heavy atom. The fourth-order valence-corrected chi connectivity index (χ4v) is 3.61. The van der Waals surface area contributed by atoms with Crippen LogP contribution in [-0.2, 0) is 18.9 Å². The third-order valence-corrected chi connectivity index (χ3v) is 11.4. The molecule has 3 heteroatoms. The number of hydrogen-bond donors (Lipinski definition) is 0. The standard InChI is InChI=1S/C13H9.C13H13.C3H6.2ClH.Zr/c1-3-7-12-10(5-1)9-11-6-2-4-8-13(11)12;1-10-7-11(2)9-13(8-10)12-5-3-4-6-12;1-3-2;;;/h1-9H;3-9H,1-2H3;1-2H3;2*1H;/q2*-1;;;;+2/p-2. The van der Waals surface area contributed by atoms with E-state index in [2.05, 4.69) is 111 Å². The number of rotatable bonds is 1. The summed E-state index contributed by atoms with van der Waals surface area (Å²) in [6.45, 7) is 8.24. The molecule has 5 aromatic carbocycles. The summed E-state index contributed by atoms with van der Waals surface area (Å²) in [6, 6.07) is 34.4. The van der Waals surface area contributed by atoms with E-state index in [0.717, 1.165) is 0 Å². The molecule has 164 valence electrons. The van der Waals surface area contributed by atoms with Crippen molar-refractivity contribution in [3.8, 4) is 11.1 Å². The summed E-state index contributed by atoms with van der Waals surface area (Å²) in [7, 11) is 11.1. The molecule has 0 spiro atoms. The summed E-state index contributed by atoms with van der Waals surface area (Å²) in [5, 5.41) is 5.39. The Morgan fingerprint density at radius 3 is 1.66 bits per heavy atom. The van der Waals surface area contributed by atoms with Crippen LogP contribution in [0.1, 0.15) is 25.0 Å². The molecule has 0 aliphatic heterocycles. The van der Waals surface area contributed by atoms with E-state index in [-0.39, 0.29) is 0 Å². The fourth-order valence-electron chi connectivity index (χ4n) is 3.61. The Morgan fingerprint density at radius 2 is 1.22 bits per heavy atom. The van der Waals surface area contributed by atoms with Gasteiger partial charge in [-0.15, -0.1) is 45.8 Å². The van der Waals surface area contributed by atoms with E-state index in [4.69, 9.17) is 17.0 Å². The molecule has 32 heavy (non-hydrogen) atoms. The summed E-state index contributed by atoms with van der Waals surface area (Å²) in [5.41, 5.74) is 5.29. The van der Waals surface area contributed by atoms with Gasteiger partial charge in [0.25, 0.3) is 0 Å². The summed E-state index contributed by atoms with van der Waals surface area (Å²) < 4.78 is 1.24. The monoisotopic (exact) mass is 536 g/mol. The minimum Gasteiger partial charge on any atom is -0.176 e. The van der Waals surface area contributed by atoms with Gasteiger partial charge in [0.05, 0.1) is 0 Å². The van der Waals surface area contributed by atoms with Gasteiger partial charge in [0.2, 0.25) is 0 Å². The van der Waals surface area contributed by atoms with Crippen molar-refractivity contribution in [1.82, 2.24) is 0 Å². The molecule has 0 bridgehead atoms. The first-order valence-corrected chi connectivity index (χ1v) is 18.2. The molecule has 0 amide bonds. The third kappa shape index (κ3) is 6.85. The van der Waals surface area contributed by atoms with Crippen molar-refractivity contribution in [2.45, 2.75) is 27.7 Å². The number of benzene rings is 3. The van der Waals surface area contributed by atoms with E-state index in [1.807, 2.05) is 13.8 Å². The average molecular weight is 539 g/mol. The van der Waals surface area contributed by atoms with Crippen molar-refractivity contribution >= 4 is 41.8 Å². The summed E-state index contributed by atoms with van der Waals surface area (Å²) in [6.07, 6.45) is 0. The van der Waals surface area contributed by atoms with E-state index in [1.54, 1.807) is 0 Å². The van der Waals surface area contributed by atoms with Crippen LogP contribution in [0.4, 0.5) is 0 Å². The predicted octanol–water partition coefficient (Wildman–Crippen LogP) is 9.53. The molecule has 5 rings (SSSR count). The fraction of sp³-hybridized carbons (Fsp3) is 0.138. The van der Waals surface area contributed by atoms with Crippen molar-refractivity contribution in [2.24, 2.45) is 0 Å². The number of fused-ring (bicyclic) bond motifs is 3. The van der Waals surface area contributed by atoms with Crippen LogP contribution in [-0.4, -0.2) is 3.21 Å². The van der Waals surface area contributed by atoms with Crippen molar-refractivity contribution in [2.75, 3.05) is 0 Å². The molecule has 0 aromatic heterocycles. The van der Waals surface area contributed by atoms with Crippen LogP contribution in [0, 0.1) is 13.8 Å². The topological polar surface area (TPSA) is 0 Å². The summed E-state index contributed by atoms with van der Waals surface area (Å²) in [4.78, 5) is 0. The van der Waals surface area contributed by atoms with Gasteiger partial charge in [-0.2, -0.15) is 23.8 Å². The number of aryl methyl sites for hydroxylation is 2. The van der Waals surface area contributed by atoms with Crippen molar-refractivity contribution in [1.29, 1.82) is 0 Å². The van der Waals surface area contributed by atoms with Crippen LogP contribution in [0.25, 0.3) is 32.7 Å². The van der Waals surface area contributed by atoms with Crippen LogP contribution in [0.15, 0.2) is 97.1 Å².